The van der Waals surface area contributed by atoms with Gasteiger partial charge in [-0.1, -0.05) is 18.2 Å². The maximum absolute atomic E-state index is 5.95. The first kappa shape index (κ1) is 13.1. The number of para-hydroxylation sites is 1. The first-order chi connectivity index (χ1) is 10.9. The first-order valence-electron chi connectivity index (χ1n) is 7.63. The fourth-order valence-electron chi connectivity index (χ4n) is 3.07. The van der Waals surface area contributed by atoms with Crippen molar-refractivity contribution < 1.29 is 4.74 Å². The lowest BCUT2D eigenvalue weighted by atomic mass is 10.2. The molecule has 112 valence electrons. The molecule has 0 amide bonds. The highest BCUT2D eigenvalue weighted by molar-refractivity contribution is 5.49. The van der Waals surface area contributed by atoms with E-state index >= 15 is 0 Å². The van der Waals surface area contributed by atoms with E-state index in [9.17, 15) is 0 Å². The molecule has 0 unspecified atom stereocenters. The number of fused-ring (bicyclic) bond motifs is 1. The van der Waals surface area contributed by atoms with Crippen LogP contribution >= 0.6 is 0 Å². The van der Waals surface area contributed by atoms with Gasteiger partial charge in [0.05, 0.1) is 18.4 Å². The molecule has 3 heterocycles. The minimum atomic E-state index is 0.370. The number of rotatable bonds is 4. The maximum Gasteiger partial charge on any atom is 0.156 e. The van der Waals surface area contributed by atoms with Crippen LogP contribution in [0.3, 0.4) is 0 Å². The molecular formula is C17H18N4O. The highest BCUT2D eigenvalue weighted by atomic mass is 16.5. The zero-order chi connectivity index (χ0) is 14.8. The highest BCUT2D eigenvalue weighted by Gasteiger charge is 2.27. The van der Waals surface area contributed by atoms with Crippen molar-refractivity contribution in [3.63, 3.8) is 0 Å². The zero-order valence-electron chi connectivity index (χ0n) is 12.3. The number of ether oxygens (including phenoxy) is 1. The third kappa shape index (κ3) is 2.39. The van der Waals surface area contributed by atoms with Gasteiger partial charge in [-0.3, -0.25) is 9.38 Å². The van der Waals surface area contributed by atoms with Crippen molar-refractivity contribution in [2.24, 2.45) is 0 Å². The molecule has 2 aromatic heterocycles. The largest absolute Gasteiger partial charge is 0.491 e. The molecule has 4 rings (SSSR count). The number of hydrogen-bond acceptors (Lipinski definition) is 4. The monoisotopic (exact) mass is 294 g/mol. The second-order valence-electron chi connectivity index (χ2n) is 5.53. The number of anilines is 1. The predicted molar refractivity (Wildman–Crippen MR) is 85.3 cm³/mol. The summed E-state index contributed by atoms with van der Waals surface area (Å²) >= 11 is 0. The third-order valence-electron chi connectivity index (χ3n) is 4.15. The zero-order valence-corrected chi connectivity index (χ0v) is 12.3. The molecule has 0 aliphatic carbocycles. The van der Waals surface area contributed by atoms with E-state index in [0.29, 0.717) is 12.6 Å². The van der Waals surface area contributed by atoms with Crippen molar-refractivity contribution in [3.8, 4) is 5.75 Å². The summed E-state index contributed by atoms with van der Waals surface area (Å²) in [4.78, 5) is 11.0. The van der Waals surface area contributed by atoms with Crippen LogP contribution in [0, 0.1) is 0 Å². The molecule has 3 aromatic rings. The predicted octanol–water partition coefficient (Wildman–Crippen LogP) is 2.78. The highest BCUT2D eigenvalue weighted by Crippen LogP contribution is 2.26. The summed E-state index contributed by atoms with van der Waals surface area (Å²) in [6, 6.07) is 10.4. The Morgan fingerprint density at radius 2 is 2.09 bits per heavy atom. The molecule has 1 aliphatic heterocycles. The summed E-state index contributed by atoms with van der Waals surface area (Å²) in [5.74, 6) is 2.02. The van der Waals surface area contributed by atoms with Gasteiger partial charge < -0.3 is 9.64 Å². The number of imidazole rings is 1. The maximum atomic E-state index is 5.95. The minimum Gasteiger partial charge on any atom is -0.491 e. The number of hydrogen-bond donors (Lipinski definition) is 0. The lowest BCUT2D eigenvalue weighted by Crippen LogP contribution is -2.35. The van der Waals surface area contributed by atoms with Crippen LogP contribution in [0.15, 0.2) is 55.1 Å². The van der Waals surface area contributed by atoms with Gasteiger partial charge in [0.2, 0.25) is 0 Å². The first-order valence-corrected chi connectivity index (χ1v) is 7.63. The van der Waals surface area contributed by atoms with E-state index in [4.69, 9.17) is 4.74 Å². The van der Waals surface area contributed by atoms with E-state index in [1.165, 1.54) is 6.42 Å². The van der Waals surface area contributed by atoms with Crippen LogP contribution in [0.1, 0.15) is 12.8 Å². The number of aromatic nitrogens is 3. The topological polar surface area (TPSA) is 42.7 Å². The Kier molecular flexibility index (Phi) is 3.39. The molecule has 1 saturated heterocycles. The van der Waals surface area contributed by atoms with Crippen molar-refractivity contribution in [2.75, 3.05) is 18.1 Å². The van der Waals surface area contributed by atoms with Gasteiger partial charge in [0.15, 0.2) is 5.65 Å². The van der Waals surface area contributed by atoms with Crippen molar-refractivity contribution in [1.29, 1.82) is 0 Å². The summed E-state index contributed by atoms with van der Waals surface area (Å²) in [6.07, 6.45) is 9.81. The van der Waals surface area contributed by atoms with Crippen LogP contribution in [0.5, 0.6) is 5.75 Å². The van der Waals surface area contributed by atoms with Crippen LogP contribution in [0.2, 0.25) is 0 Å². The van der Waals surface area contributed by atoms with Crippen LogP contribution in [-0.4, -0.2) is 33.6 Å². The van der Waals surface area contributed by atoms with E-state index in [-0.39, 0.29) is 0 Å². The average Bonchev–Trinajstić information content (AvgIpc) is 3.22. The van der Waals surface area contributed by atoms with E-state index in [0.717, 1.165) is 30.2 Å². The fraction of sp³-hybridized carbons (Fsp3) is 0.294. The molecule has 0 bridgehead atoms. The van der Waals surface area contributed by atoms with Crippen molar-refractivity contribution in [2.45, 2.75) is 18.9 Å². The molecule has 1 aliphatic rings. The molecule has 0 saturated carbocycles. The smallest absolute Gasteiger partial charge is 0.156 e. The Labute approximate surface area is 129 Å². The van der Waals surface area contributed by atoms with E-state index in [1.807, 2.05) is 48.9 Å². The molecule has 5 nitrogen and oxygen atoms in total. The van der Waals surface area contributed by atoms with Crippen molar-refractivity contribution >= 4 is 11.5 Å². The fourth-order valence-corrected chi connectivity index (χ4v) is 3.07. The Morgan fingerprint density at radius 1 is 1.18 bits per heavy atom. The molecule has 1 fully saturated rings. The van der Waals surface area contributed by atoms with E-state index in [1.54, 1.807) is 6.20 Å². The summed E-state index contributed by atoms with van der Waals surface area (Å²) in [7, 11) is 0. The number of nitrogens with zero attached hydrogens (tertiary/aromatic N) is 4. The van der Waals surface area contributed by atoms with Gasteiger partial charge in [-0.05, 0) is 25.0 Å². The van der Waals surface area contributed by atoms with Gasteiger partial charge >= 0.3 is 0 Å². The average molecular weight is 294 g/mol. The number of benzene rings is 1. The molecule has 0 N–H and O–H groups in total. The lowest BCUT2D eigenvalue weighted by molar-refractivity contribution is 0.288. The molecular weight excluding hydrogens is 276 g/mol. The Hall–Kier alpha value is -2.56. The van der Waals surface area contributed by atoms with Gasteiger partial charge in [-0.15, -0.1) is 0 Å². The standard InChI is InChI=1S/C17H18N4O/c1-2-6-15(7-3-1)22-13-14-5-4-9-20(14)17-12-18-11-16-19-8-10-21(16)17/h1-3,6-8,10-12,14H,4-5,9,13H2/t14-/m1/s1. The molecule has 0 spiro atoms. The van der Waals surface area contributed by atoms with Crippen LogP contribution < -0.4 is 9.64 Å². The molecule has 5 heteroatoms. The van der Waals surface area contributed by atoms with Gasteiger partial charge in [0.1, 0.15) is 18.2 Å². The lowest BCUT2D eigenvalue weighted by Gasteiger charge is -2.27. The van der Waals surface area contributed by atoms with E-state index < -0.39 is 0 Å². The summed E-state index contributed by atoms with van der Waals surface area (Å²) in [5, 5.41) is 0. The molecule has 1 atom stereocenters. The second-order valence-corrected chi connectivity index (χ2v) is 5.53. The van der Waals surface area contributed by atoms with Crippen LogP contribution in [-0.2, 0) is 0 Å². The van der Waals surface area contributed by atoms with Crippen molar-refractivity contribution in [3.05, 3.63) is 55.1 Å². The summed E-state index contributed by atoms with van der Waals surface area (Å²) < 4.78 is 8.04. The van der Waals surface area contributed by atoms with Crippen molar-refractivity contribution in [1.82, 2.24) is 14.4 Å². The Morgan fingerprint density at radius 3 is 3.00 bits per heavy atom. The van der Waals surface area contributed by atoms with Crippen LogP contribution in [0.25, 0.3) is 5.65 Å². The van der Waals surface area contributed by atoms with Gasteiger partial charge in [0, 0.05) is 18.9 Å². The molecule has 1 aromatic carbocycles. The van der Waals surface area contributed by atoms with Gasteiger partial charge in [-0.2, -0.15) is 0 Å². The van der Waals surface area contributed by atoms with Gasteiger partial charge in [-0.25, -0.2) is 4.98 Å². The third-order valence-corrected chi connectivity index (χ3v) is 4.15. The minimum absolute atomic E-state index is 0.370. The SMILES string of the molecule is c1ccc(OC[C@H]2CCCN2c2cncc3nccn23)cc1. The quantitative estimate of drug-likeness (QED) is 0.742. The van der Waals surface area contributed by atoms with E-state index in [2.05, 4.69) is 19.3 Å². The molecule has 0 radical (unpaired) electrons. The normalized spacial score (nSPS) is 18.0. The molecule has 22 heavy (non-hydrogen) atoms. The second kappa shape index (κ2) is 5.67. The Bertz CT molecular complexity index is 755. The van der Waals surface area contributed by atoms with Crippen LogP contribution in [0.4, 0.5) is 5.82 Å². The van der Waals surface area contributed by atoms with Gasteiger partial charge in [0.25, 0.3) is 0 Å². The summed E-state index contributed by atoms with van der Waals surface area (Å²) in [6.45, 7) is 1.72. The Balaban J connectivity index is 1.55. The summed E-state index contributed by atoms with van der Waals surface area (Å²) in [5.41, 5.74) is 0.882.